The van der Waals surface area contributed by atoms with E-state index in [-0.39, 0.29) is 5.91 Å². The molecular weight excluding hydrogens is 276 g/mol. The molecule has 0 atom stereocenters. The molecule has 1 aromatic carbocycles. The van der Waals surface area contributed by atoms with Gasteiger partial charge < -0.3 is 5.32 Å². The molecule has 110 valence electrons. The molecular formula is C17H16N4O. The highest BCUT2D eigenvalue weighted by atomic mass is 16.1. The van der Waals surface area contributed by atoms with Crippen molar-refractivity contribution in [3.63, 3.8) is 0 Å². The normalized spacial score (nSPS) is 10.4. The number of rotatable bonds is 5. The highest BCUT2D eigenvalue weighted by molar-refractivity contribution is 5.94. The van der Waals surface area contributed by atoms with Crippen LogP contribution in [-0.4, -0.2) is 20.7 Å². The molecule has 3 aromatic rings. The number of pyridine rings is 1. The van der Waals surface area contributed by atoms with Crippen LogP contribution in [0.5, 0.6) is 0 Å². The standard InChI is InChI=1S/C17H16N4O/c22-17(19-12-15-3-1-8-18-11-15)16-6-4-14(5-7-16)13-21-10-2-9-20-21/h1-11H,12-13H2,(H,19,22). The molecule has 0 spiro atoms. The quantitative estimate of drug-likeness (QED) is 0.784. The first-order chi connectivity index (χ1) is 10.8. The van der Waals surface area contributed by atoms with Crippen LogP contribution in [0.1, 0.15) is 21.5 Å². The Balaban J connectivity index is 1.59. The zero-order chi connectivity index (χ0) is 15.2. The van der Waals surface area contributed by atoms with Crippen LogP contribution in [0.25, 0.3) is 0 Å². The third kappa shape index (κ3) is 3.58. The van der Waals surface area contributed by atoms with Crippen LogP contribution in [0.3, 0.4) is 0 Å². The SMILES string of the molecule is O=C(NCc1cccnc1)c1ccc(Cn2cccn2)cc1. The second-order valence-electron chi connectivity index (χ2n) is 4.94. The molecule has 2 heterocycles. The van der Waals surface area contributed by atoms with Gasteiger partial charge in [0.1, 0.15) is 0 Å². The lowest BCUT2D eigenvalue weighted by Crippen LogP contribution is -2.22. The van der Waals surface area contributed by atoms with Crippen LogP contribution in [0.15, 0.2) is 67.3 Å². The number of amides is 1. The van der Waals surface area contributed by atoms with E-state index in [1.54, 1.807) is 18.6 Å². The van der Waals surface area contributed by atoms with Crippen LogP contribution in [0.2, 0.25) is 0 Å². The van der Waals surface area contributed by atoms with E-state index >= 15 is 0 Å². The van der Waals surface area contributed by atoms with Crippen molar-refractivity contribution in [3.05, 3.63) is 83.9 Å². The van der Waals surface area contributed by atoms with Gasteiger partial charge in [-0.05, 0) is 35.4 Å². The molecule has 3 rings (SSSR count). The Bertz CT molecular complexity index is 721. The van der Waals surface area contributed by atoms with Crippen molar-refractivity contribution < 1.29 is 4.79 Å². The molecule has 5 nitrogen and oxygen atoms in total. The van der Waals surface area contributed by atoms with E-state index in [1.165, 1.54) is 0 Å². The lowest BCUT2D eigenvalue weighted by atomic mass is 10.1. The Morgan fingerprint density at radius 3 is 2.59 bits per heavy atom. The molecule has 0 unspecified atom stereocenters. The first kappa shape index (κ1) is 14.0. The summed E-state index contributed by atoms with van der Waals surface area (Å²) < 4.78 is 1.84. The fourth-order valence-electron chi connectivity index (χ4n) is 2.13. The molecule has 0 radical (unpaired) electrons. The van der Waals surface area contributed by atoms with Crippen LogP contribution in [-0.2, 0) is 13.1 Å². The minimum atomic E-state index is -0.0884. The number of hydrogen-bond acceptors (Lipinski definition) is 3. The minimum Gasteiger partial charge on any atom is -0.348 e. The van der Waals surface area contributed by atoms with E-state index in [0.29, 0.717) is 18.7 Å². The summed E-state index contributed by atoms with van der Waals surface area (Å²) in [5.41, 5.74) is 2.73. The lowest BCUT2D eigenvalue weighted by molar-refractivity contribution is 0.0951. The largest absolute Gasteiger partial charge is 0.348 e. The summed E-state index contributed by atoms with van der Waals surface area (Å²) in [5, 5.41) is 7.05. The number of carbonyl (C=O) groups is 1. The van der Waals surface area contributed by atoms with E-state index < -0.39 is 0 Å². The van der Waals surface area contributed by atoms with E-state index in [0.717, 1.165) is 11.1 Å². The number of nitrogens with zero attached hydrogens (tertiary/aromatic N) is 3. The van der Waals surface area contributed by atoms with Crippen molar-refractivity contribution in [1.82, 2.24) is 20.1 Å². The molecule has 0 saturated carbocycles. The van der Waals surface area contributed by atoms with Crippen LogP contribution >= 0.6 is 0 Å². The maximum atomic E-state index is 12.1. The molecule has 0 saturated heterocycles. The Hall–Kier alpha value is -2.95. The summed E-state index contributed by atoms with van der Waals surface area (Å²) in [4.78, 5) is 16.1. The van der Waals surface area contributed by atoms with E-state index in [9.17, 15) is 4.79 Å². The van der Waals surface area contributed by atoms with Gasteiger partial charge in [0.2, 0.25) is 0 Å². The fraction of sp³-hybridized carbons (Fsp3) is 0.118. The Morgan fingerprint density at radius 2 is 1.91 bits per heavy atom. The predicted molar refractivity (Wildman–Crippen MR) is 83.2 cm³/mol. The monoisotopic (exact) mass is 292 g/mol. The number of benzene rings is 1. The van der Waals surface area contributed by atoms with Gasteiger partial charge in [0, 0.05) is 36.9 Å². The summed E-state index contributed by atoms with van der Waals surface area (Å²) in [5.74, 6) is -0.0884. The van der Waals surface area contributed by atoms with Gasteiger partial charge in [-0.2, -0.15) is 5.10 Å². The van der Waals surface area contributed by atoms with Crippen LogP contribution < -0.4 is 5.32 Å². The van der Waals surface area contributed by atoms with Gasteiger partial charge in [-0.25, -0.2) is 0 Å². The Morgan fingerprint density at radius 1 is 1.05 bits per heavy atom. The van der Waals surface area contributed by atoms with Gasteiger partial charge in [0.25, 0.3) is 5.91 Å². The number of nitrogens with one attached hydrogen (secondary N) is 1. The van der Waals surface area contributed by atoms with Gasteiger partial charge in [-0.1, -0.05) is 18.2 Å². The first-order valence-corrected chi connectivity index (χ1v) is 7.05. The zero-order valence-corrected chi connectivity index (χ0v) is 12.0. The molecule has 0 aliphatic rings. The smallest absolute Gasteiger partial charge is 0.251 e. The summed E-state index contributed by atoms with van der Waals surface area (Å²) in [6, 6.07) is 13.2. The summed E-state index contributed by atoms with van der Waals surface area (Å²) >= 11 is 0. The number of aromatic nitrogens is 3. The fourth-order valence-corrected chi connectivity index (χ4v) is 2.13. The average Bonchev–Trinajstić information content (AvgIpc) is 3.07. The second kappa shape index (κ2) is 6.67. The molecule has 0 aliphatic carbocycles. The second-order valence-corrected chi connectivity index (χ2v) is 4.94. The van der Waals surface area contributed by atoms with Gasteiger partial charge in [-0.15, -0.1) is 0 Å². The van der Waals surface area contributed by atoms with Crippen molar-refractivity contribution >= 4 is 5.91 Å². The predicted octanol–water partition coefficient (Wildman–Crippen LogP) is 2.26. The molecule has 0 bridgehead atoms. The molecule has 0 fully saturated rings. The van der Waals surface area contributed by atoms with Crippen molar-refractivity contribution in [1.29, 1.82) is 0 Å². The first-order valence-electron chi connectivity index (χ1n) is 7.05. The van der Waals surface area contributed by atoms with Gasteiger partial charge in [0.05, 0.1) is 6.54 Å². The third-order valence-electron chi connectivity index (χ3n) is 3.30. The molecule has 1 amide bonds. The van der Waals surface area contributed by atoms with Crippen molar-refractivity contribution in [3.8, 4) is 0 Å². The third-order valence-corrected chi connectivity index (χ3v) is 3.30. The Labute approximate surface area is 128 Å². The molecule has 5 heteroatoms. The average molecular weight is 292 g/mol. The number of hydrogen-bond donors (Lipinski definition) is 1. The van der Waals surface area contributed by atoms with E-state index in [2.05, 4.69) is 15.4 Å². The van der Waals surface area contributed by atoms with Crippen molar-refractivity contribution in [2.75, 3.05) is 0 Å². The topological polar surface area (TPSA) is 59.8 Å². The summed E-state index contributed by atoms with van der Waals surface area (Å²) in [6.07, 6.45) is 7.12. The Kier molecular flexibility index (Phi) is 4.25. The maximum Gasteiger partial charge on any atom is 0.251 e. The molecule has 1 N–H and O–H groups in total. The highest BCUT2D eigenvalue weighted by Crippen LogP contribution is 2.06. The summed E-state index contributed by atoms with van der Waals surface area (Å²) in [7, 11) is 0. The van der Waals surface area contributed by atoms with Gasteiger partial charge in [-0.3, -0.25) is 14.5 Å². The lowest BCUT2D eigenvalue weighted by Gasteiger charge is -2.06. The molecule has 0 aliphatic heterocycles. The van der Waals surface area contributed by atoms with Crippen LogP contribution in [0.4, 0.5) is 0 Å². The molecule has 2 aromatic heterocycles. The molecule has 22 heavy (non-hydrogen) atoms. The van der Waals surface area contributed by atoms with Crippen molar-refractivity contribution in [2.24, 2.45) is 0 Å². The van der Waals surface area contributed by atoms with Gasteiger partial charge >= 0.3 is 0 Å². The van der Waals surface area contributed by atoms with Crippen molar-refractivity contribution in [2.45, 2.75) is 13.1 Å². The highest BCUT2D eigenvalue weighted by Gasteiger charge is 2.05. The van der Waals surface area contributed by atoms with E-state index in [1.807, 2.05) is 53.3 Å². The summed E-state index contributed by atoms with van der Waals surface area (Å²) in [6.45, 7) is 1.17. The van der Waals surface area contributed by atoms with E-state index in [4.69, 9.17) is 0 Å². The van der Waals surface area contributed by atoms with Crippen LogP contribution in [0, 0.1) is 0 Å². The minimum absolute atomic E-state index is 0.0884. The van der Waals surface area contributed by atoms with Gasteiger partial charge in [0.15, 0.2) is 0 Å². The number of carbonyl (C=O) groups excluding carboxylic acids is 1. The zero-order valence-electron chi connectivity index (χ0n) is 12.0. The maximum absolute atomic E-state index is 12.1.